The predicted molar refractivity (Wildman–Crippen MR) is 63.1 cm³/mol. The Labute approximate surface area is 99.8 Å². The quantitative estimate of drug-likeness (QED) is 0.688. The number of aliphatic carboxylic acids is 1. The SMILES string of the molecule is CS(=O)(=O)O.N[C@@H](CC(=O)O)c1ccccc1. The van der Waals surface area contributed by atoms with E-state index in [9.17, 15) is 13.2 Å². The molecule has 0 saturated heterocycles. The third-order valence-corrected chi connectivity index (χ3v) is 1.62. The molecule has 4 N–H and O–H groups in total. The molecule has 7 heteroatoms. The molecule has 0 unspecified atom stereocenters. The van der Waals surface area contributed by atoms with Crippen molar-refractivity contribution in [3.8, 4) is 0 Å². The van der Waals surface area contributed by atoms with E-state index in [0.29, 0.717) is 6.26 Å². The Morgan fingerprint density at radius 1 is 1.35 bits per heavy atom. The molecule has 0 radical (unpaired) electrons. The van der Waals surface area contributed by atoms with E-state index >= 15 is 0 Å². The summed E-state index contributed by atoms with van der Waals surface area (Å²) in [5.74, 6) is -0.869. The molecule has 1 rings (SSSR count). The molecule has 17 heavy (non-hydrogen) atoms. The highest BCUT2D eigenvalue weighted by Crippen LogP contribution is 2.12. The van der Waals surface area contributed by atoms with Gasteiger partial charge in [0.05, 0.1) is 12.7 Å². The minimum absolute atomic E-state index is 0.0238. The number of rotatable bonds is 3. The Bertz CT molecular complexity index is 435. The Hall–Kier alpha value is -1.44. The predicted octanol–water partition coefficient (Wildman–Crippen LogP) is 0.665. The zero-order chi connectivity index (χ0) is 13.5. The van der Waals surface area contributed by atoms with Gasteiger partial charge in [-0.1, -0.05) is 30.3 Å². The zero-order valence-corrected chi connectivity index (χ0v) is 10.1. The van der Waals surface area contributed by atoms with E-state index in [4.69, 9.17) is 15.4 Å². The van der Waals surface area contributed by atoms with Gasteiger partial charge in [-0.05, 0) is 5.56 Å². The van der Waals surface area contributed by atoms with Crippen molar-refractivity contribution in [1.29, 1.82) is 0 Å². The first kappa shape index (κ1) is 15.6. The second kappa shape index (κ2) is 7.00. The van der Waals surface area contributed by atoms with Gasteiger partial charge in [0, 0.05) is 6.04 Å². The van der Waals surface area contributed by atoms with Gasteiger partial charge in [-0.25, -0.2) is 0 Å². The molecule has 0 heterocycles. The van der Waals surface area contributed by atoms with E-state index in [2.05, 4.69) is 0 Å². The van der Waals surface area contributed by atoms with Gasteiger partial charge in [0.25, 0.3) is 10.1 Å². The molecule has 0 aliphatic heterocycles. The summed E-state index contributed by atoms with van der Waals surface area (Å²) < 4.78 is 25.9. The van der Waals surface area contributed by atoms with Crippen molar-refractivity contribution in [2.45, 2.75) is 12.5 Å². The fraction of sp³-hybridized carbons (Fsp3) is 0.300. The van der Waals surface area contributed by atoms with Crippen LogP contribution in [0.5, 0.6) is 0 Å². The summed E-state index contributed by atoms with van der Waals surface area (Å²) in [6.07, 6.45) is 0.691. The molecule has 0 spiro atoms. The van der Waals surface area contributed by atoms with Crippen molar-refractivity contribution >= 4 is 16.1 Å². The molecule has 0 aliphatic rings. The van der Waals surface area contributed by atoms with Crippen LogP contribution in [0.2, 0.25) is 0 Å². The lowest BCUT2D eigenvalue weighted by molar-refractivity contribution is -0.137. The number of carbonyl (C=O) groups is 1. The molecule has 96 valence electrons. The Morgan fingerprint density at radius 3 is 2.12 bits per heavy atom. The Kier molecular flexibility index (Phi) is 6.40. The third-order valence-electron chi connectivity index (χ3n) is 1.62. The van der Waals surface area contributed by atoms with Crippen LogP contribution in [0.4, 0.5) is 0 Å². The van der Waals surface area contributed by atoms with Gasteiger partial charge < -0.3 is 10.8 Å². The van der Waals surface area contributed by atoms with Crippen molar-refractivity contribution in [2.24, 2.45) is 5.73 Å². The van der Waals surface area contributed by atoms with Crippen LogP contribution < -0.4 is 5.73 Å². The van der Waals surface area contributed by atoms with Gasteiger partial charge in [0.2, 0.25) is 0 Å². The van der Waals surface area contributed by atoms with Crippen LogP contribution in [0.1, 0.15) is 18.0 Å². The number of benzene rings is 1. The van der Waals surface area contributed by atoms with Gasteiger partial charge in [-0.15, -0.1) is 0 Å². The van der Waals surface area contributed by atoms with Crippen molar-refractivity contribution in [2.75, 3.05) is 6.26 Å². The maximum absolute atomic E-state index is 10.3. The van der Waals surface area contributed by atoms with Crippen molar-refractivity contribution in [1.82, 2.24) is 0 Å². The summed E-state index contributed by atoms with van der Waals surface area (Å²) >= 11 is 0. The van der Waals surface area contributed by atoms with Crippen LogP contribution in [0.15, 0.2) is 30.3 Å². The van der Waals surface area contributed by atoms with E-state index < -0.39 is 22.1 Å². The smallest absolute Gasteiger partial charge is 0.305 e. The van der Waals surface area contributed by atoms with Gasteiger partial charge in [0.15, 0.2) is 0 Å². The van der Waals surface area contributed by atoms with Crippen LogP contribution in [0.3, 0.4) is 0 Å². The molecule has 1 atom stereocenters. The summed E-state index contributed by atoms with van der Waals surface area (Å²) in [6, 6.07) is 8.82. The molecular weight excluding hydrogens is 246 g/mol. The average Bonchev–Trinajstić information content (AvgIpc) is 2.15. The lowest BCUT2D eigenvalue weighted by atomic mass is 10.1. The Morgan fingerprint density at radius 2 is 1.76 bits per heavy atom. The zero-order valence-electron chi connectivity index (χ0n) is 9.28. The van der Waals surface area contributed by atoms with Gasteiger partial charge in [-0.2, -0.15) is 8.42 Å². The molecular formula is C10H15NO5S. The molecule has 6 nitrogen and oxygen atoms in total. The maximum Gasteiger partial charge on any atom is 0.305 e. The lowest BCUT2D eigenvalue weighted by Gasteiger charge is -2.07. The number of hydrogen-bond acceptors (Lipinski definition) is 4. The van der Waals surface area contributed by atoms with Crippen LogP contribution in [-0.2, 0) is 14.9 Å². The van der Waals surface area contributed by atoms with Gasteiger partial charge in [-0.3, -0.25) is 9.35 Å². The monoisotopic (exact) mass is 261 g/mol. The summed E-state index contributed by atoms with van der Waals surface area (Å²) in [7, 11) is -3.67. The summed E-state index contributed by atoms with van der Waals surface area (Å²) in [6.45, 7) is 0. The highest BCUT2D eigenvalue weighted by Gasteiger charge is 2.08. The molecule has 0 aliphatic carbocycles. The average molecular weight is 261 g/mol. The number of carboxylic acids is 1. The van der Waals surface area contributed by atoms with E-state index in [-0.39, 0.29) is 6.42 Å². The standard InChI is InChI=1S/C9H11NO2.CH4O3S/c10-8(6-9(11)12)7-4-2-1-3-5-7;1-5(2,3)4/h1-5,8H,6,10H2,(H,11,12);1H3,(H,2,3,4)/t8-;/m0./s1. The lowest BCUT2D eigenvalue weighted by Crippen LogP contribution is -2.14. The molecule has 0 amide bonds. The second-order valence-electron chi connectivity index (χ2n) is 3.35. The normalized spacial score (nSPS) is 12.2. The molecule has 1 aromatic rings. The van der Waals surface area contributed by atoms with Crippen LogP contribution in [0, 0.1) is 0 Å². The van der Waals surface area contributed by atoms with E-state index in [1.165, 1.54) is 0 Å². The number of hydrogen-bond donors (Lipinski definition) is 3. The number of carboxylic acid groups (broad SMARTS) is 1. The van der Waals surface area contributed by atoms with E-state index in [1.54, 1.807) is 0 Å². The number of nitrogens with two attached hydrogens (primary N) is 1. The second-order valence-corrected chi connectivity index (χ2v) is 4.81. The first-order valence-electron chi connectivity index (χ1n) is 4.65. The van der Waals surface area contributed by atoms with E-state index in [1.807, 2.05) is 30.3 Å². The van der Waals surface area contributed by atoms with E-state index in [0.717, 1.165) is 5.56 Å². The Balaban J connectivity index is 0.000000437. The van der Waals surface area contributed by atoms with Crippen LogP contribution >= 0.6 is 0 Å². The van der Waals surface area contributed by atoms with Crippen LogP contribution in [0.25, 0.3) is 0 Å². The van der Waals surface area contributed by atoms with Gasteiger partial charge in [0.1, 0.15) is 0 Å². The highest BCUT2D eigenvalue weighted by molar-refractivity contribution is 7.85. The first-order chi connectivity index (χ1) is 7.70. The fourth-order valence-electron chi connectivity index (χ4n) is 1.01. The largest absolute Gasteiger partial charge is 0.481 e. The maximum atomic E-state index is 10.3. The minimum Gasteiger partial charge on any atom is -0.481 e. The highest BCUT2D eigenvalue weighted by atomic mass is 32.2. The van der Waals surface area contributed by atoms with Crippen molar-refractivity contribution in [3.63, 3.8) is 0 Å². The fourth-order valence-corrected chi connectivity index (χ4v) is 1.01. The molecule has 0 bridgehead atoms. The minimum atomic E-state index is -3.67. The van der Waals surface area contributed by atoms with Crippen LogP contribution in [-0.4, -0.2) is 30.3 Å². The van der Waals surface area contributed by atoms with Crippen molar-refractivity contribution < 1.29 is 22.9 Å². The summed E-state index contributed by atoms with van der Waals surface area (Å²) in [4.78, 5) is 10.3. The summed E-state index contributed by atoms with van der Waals surface area (Å²) in [5.41, 5.74) is 6.48. The van der Waals surface area contributed by atoms with Crippen molar-refractivity contribution in [3.05, 3.63) is 35.9 Å². The first-order valence-corrected chi connectivity index (χ1v) is 6.49. The molecule has 0 fully saturated rings. The third kappa shape index (κ3) is 10.8. The molecule has 1 aromatic carbocycles. The van der Waals surface area contributed by atoms with Gasteiger partial charge >= 0.3 is 5.97 Å². The molecule has 0 aromatic heterocycles. The molecule has 0 saturated carbocycles. The topological polar surface area (TPSA) is 118 Å². The summed E-state index contributed by atoms with van der Waals surface area (Å²) in [5, 5.41) is 8.47.